The molecule has 0 unspecified atom stereocenters. The first-order valence-electron chi connectivity index (χ1n) is 9.87. The highest BCUT2D eigenvalue weighted by molar-refractivity contribution is 5.80. The summed E-state index contributed by atoms with van der Waals surface area (Å²) in [7, 11) is 0. The van der Waals surface area contributed by atoms with Gasteiger partial charge in [-0.2, -0.15) is 10.4 Å². The van der Waals surface area contributed by atoms with Gasteiger partial charge in [0.05, 0.1) is 18.5 Å². The Hall–Kier alpha value is -3.83. The van der Waals surface area contributed by atoms with Crippen molar-refractivity contribution in [1.29, 1.82) is 5.26 Å². The lowest BCUT2D eigenvalue weighted by Crippen LogP contribution is -2.16. The largest absolute Gasteiger partial charge is 0.377 e. The molecular formula is C23H22FN5O2. The fourth-order valence-corrected chi connectivity index (χ4v) is 2.79. The highest BCUT2D eigenvalue weighted by atomic mass is 19.1. The van der Waals surface area contributed by atoms with Gasteiger partial charge in [0.2, 0.25) is 5.95 Å². The summed E-state index contributed by atoms with van der Waals surface area (Å²) in [5.41, 5.74) is 3.86. The fourth-order valence-electron chi connectivity index (χ4n) is 2.79. The number of aromatic nitrogens is 2. The second kappa shape index (κ2) is 10.8. The Morgan fingerprint density at radius 3 is 2.81 bits per heavy atom. The number of hydrogen-bond donors (Lipinski definition) is 2. The number of nitriles is 1. The van der Waals surface area contributed by atoms with Crippen LogP contribution in [0.2, 0.25) is 0 Å². The number of unbranched alkanes of at least 4 members (excludes halogenated alkanes) is 1. The smallest absolute Gasteiger partial charge is 0.270 e. The number of ether oxygens (including phenoxy) is 1. The average Bonchev–Trinajstić information content (AvgIpc) is 2.78. The van der Waals surface area contributed by atoms with Crippen LogP contribution in [0.4, 0.5) is 10.3 Å². The minimum absolute atomic E-state index is 0.0699. The molecule has 0 bridgehead atoms. The number of rotatable bonds is 9. The number of benzene rings is 2. The summed E-state index contributed by atoms with van der Waals surface area (Å²) in [6, 6.07) is 15.5. The lowest BCUT2D eigenvalue weighted by atomic mass is 10.1. The quantitative estimate of drug-likeness (QED) is 0.307. The Bertz CT molecular complexity index is 1150. The third-order valence-electron chi connectivity index (χ3n) is 4.44. The normalized spacial score (nSPS) is 10.9. The van der Waals surface area contributed by atoms with Crippen molar-refractivity contribution in [1.82, 2.24) is 9.97 Å². The van der Waals surface area contributed by atoms with Crippen LogP contribution in [-0.2, 0) is 11.3 Å². The molecular weight excluding hydrogens is 397 g/mol. The van der Waals surface area contributed by atoms with E-state index in [1.165, 1.54) is 12.3 Å². The first-order valence-corrected chi connectivity index (χ1v) is 9.87. The van der Waals surface area contributed by atoms with Crippen LogP contribution in [0, 0.1) is 17.1 Å². The van der Waals surface area contributed by atoms with Crippen LogP contribution in [0.5, 0.6) is 0 Å². The van der Waals surface area contributed by atoms with Crippen LogP contribution in [-0.4, -0.2) is 22.8 Å². The Morgan fingerprint density at radius 2 is 2.10 bits per heavy atom. The lowest BCUT2D eigenvalue weighted by molar-refractivity contribution is 0.116. The van der Waals surface area contributed by atoms with Gasteiger partial charge >= 0.3 is 0 Å². The van der Waals surface area contributed by atoms with Crippen LogP contribution in [0.25, 0.3) is 11.3 Å². The Kier molecular flexibility index (Phi) is 7.62. The minimum atomic E-state index is -0.576. The van der Waals surface area contributed by atoms with Gasteiger partial charge in [-0.05, 0) is 18.1 Å². The minimum Gasteiger partial charge on any atom is -0.377 e. The zero-order chi connectivity index (χ0) is 22.1. The van der Waals surface area contributed by atoms with Gasteiger partial charge in [0.25, 0.3) is 5.56 Å². The highest BCUT2D eigenvalue weighted by Gasteiger charge is 2.12. The summed E-state index contributed by atoms with van der Waals surface area (Å²) in [5, 5.41) is 13.3. The molecule has 2 aromatic carbocycles. The van der Waals surface area contributed by atoms with E-state index >= 15 is 0 Å². The molecule has 3 aromatic rings. The highest BCUT2D eigenvalue weighted by Crippen LogP contribution is 2.19. The maximum atomic E-state index is 14.2. The van der Waals surface area contributed by atoms with Crippen molar-refractivity contribution < 1.29 is 9.13 Å². The summed E-state index contributed by atoms with van der Waals surface area (Å²) in [5.74, 6) is -0.308. The van der Waals surface area contributed by atoms with Crippen LogP contribution < -0.4 is 11.0 Å². The second-order valence-electron chi connectivity index (χ2n) is 6.74. The molecule has 0 aliphatic rings. The molecule has 31 heavy (non-hydrogen) atoms. The predicted octanol–water partition coefficient (Wildman–Crippen LogP) is 4.21. The first kappa shape index (κ1) is 21.9. The van der Waals surface area contributed by atoms with Gasteiger partial charge in [-0.15, -0.1) is 0 Å². The number of hydrogen-bond acceptors (Lipinski definition) is 6. The summed E-state index contributed by atoms with van der Waals surface area (Å²) in [4.78, 5) is 19.0. The standard InChI is InChI=1S/C23H22FN5O2/c1-2-3-11-31-15-18-10-9-16(12-20(18)24)14-26-29-23-27-21(17-7-5-4-6-8-17)19(13-25)22(30)28-23/h4-10,12,14H,2-3,11,15H2,1H3,(H2,27,28,29,30). The van der Waals surface area contributed by atoms with Gasteiger partial charge in [0, 0.05) is 17.7 Å². The average molecular weight is 419 g/mol. The first-order chi connectivity index (χ1) is 15.1. The molecule has 1 heterocycles. The summed E-state index contributed by atoms with van der Waals surface area (Å²) in [6.07, 6.45) is 3.37. The summed E-state index contributed by atoms with van der Waals surface area (Å²) >= 11 is 0. The van der Waals surface area contributed by atoms with E-state index in [-0.39, 0.29) is 29.6 Å². The molecule has 1 aromatic heterocycles. The molecule has 158 valence electrons. The van der Waals surface area contributed by atoms with Crippen molar-refractivity contribution in [2.24, 2.45) is 5.10 Å². The van der Waals surface area contributed by atoms with Gasteiger partial charge in [-0.3, -0.25) is 9.78 Å². The lowest BCUT2D eigenvalue weighted by Gasteiger charge is -2.06. The molecule has 0 aliphatic heterocycles. The van der Waals surface area contributed by atoms with Crippen molar-refractivity contribution in [3.8, 4) is 17.3 Å². The Labute approximate surface area is 179 Å². The molecule has 0 atom stereocenters. The van der Waals surface area contributed by atoms with E-state index in [0.717, 1.165) is 12.8 Å². The van der Waals surface area contributed by atoms with Crippen LogP contribution in [0.15, 0.2) is 58.4 Å². The van der Waals surface area contributed by atoms with E-state index in [0.29, 0.717) is 23.3 Å². The zero-order valence-electron chi connectivity index (χ0n) is 17.1. The van der Waals surface area contributed by atoms with Crippen molar-refractivity contribution in [2.45, 2.75) is 26.4 Å². The molecule has 7 nitrogen and oxygen atoms in total. The molecule has 0 saturated carbocycles. The molecule has 8 heteroatoms. The summed E-state index contributed by atoms with van der Waals surface area (Å²) in [6.45, 7) is 2.89. The maximum absolute atomic E-state index is 14.2. The number of hydrazone groups is 1. The zero-order valence-corrected chi connectivity index (χ0v) is 17.1. The molecule has 0 saturated heterocycles. The molecule has 0 spiro atoms. The molecule has 3 rings (SSSR count). The number of anilines is 1. The molecule has 0 aliphatic carbocycles. The van der Waals surface area contributed by atoms with E-state index in [1.807, 2.05) is 12.1 Å². The maximum Gasteiger partial charge on any atom is 0.270 e. The molecule has 2 N–H and O–H groups in total. The van der Waals surface area contributed by atoms with Gasteiger partial charge in [0.1, 0.15) is 17.4 Å². The van der Waals surface area contributed by atoms with E-state index in [2.05, 4.69) is 27.4 Å². The number of H-pyrrole nitrogens is 1. The van der Waals surface area contributed by atoms with Crippen LogP contribution >= 0.6 is 0 Å². The van der Waals surface area contributed by atoms with Crippen molar-refractivity contribution in [3.63, 3.8) is 0 Å². The number of halogens is 1. The van der Waals surface area contributed by atoms with Crippen molar-refractivity contribution in [2.75, 3.05) is 12.0 Å². The van der Waals surface area contributed by atoms with E-state index < -0.39 is 5.56 Å². The fraction of sp³-hybridized carbons (Fsp3) is 0.217. The van der Waals surface area contributed by atoms with Crippen LogP contribution in [0.3, 0.4) is 0 Å². The second-order valence-corrected chi connectivity index (χ2v) is 6.74. The van der Waals surface area contributed by atoms with Gasteiger partial charge in [0.15, 0.2) is 0 Å². The predicted molar refractivity (Wildman–Crippen MR) is 117 cm³/mol. The number of nitrogens with zero attached hydrogens (tertiary/aromatic N) is 3. The third-order valence-corrected chi connectivity index (χ3v) is 4.44. The Balaban J connectivity index is 1.73. The van der Waals surface area contributed by atoms with Crippen molar-refractivity contribution in [3.05, 3.63) is 81.4 Å². The third kappa shape index (κ3) is 5.84. The van der Waals surface area contributed by atoms with E-state index in [1.54, 1.807) is 36.4 Å². The number of aromatic amines is 1. The monoisotopic (exact) mass is 419 g/mol. The Morgan fingerprint density at radius 1 is 1.29 bits per heavy atom. The summed E-state index contributed by atoms with van der Waals surface area (Å²) < 4.78 is 19.7. The molecule has 0 fully saturated rings. The van der Waals surface area contributed by atoms with E-state index in [9.17, 15) is 14.4 Å². The molecule has 0 amide bonds. The van der Waals surface area contributed by atoms with Crippen molar-refractivity contribution >= 4 is 12.2 Å². The topological polar surface area (TPSA) is 103 Å². The number of nitrogens with one attached hydrogen (secondary N) is 2. The molecule has 0 radical (unpaired) electrons. The SMILES string of the molecule is CCCCOCc1ccc(C=NNc2nc(-c3ccccc3)c(C#N)c(=O)[nH]2)cc1F. The van der Waals surface area contributed by atoms with Crippen LogP contribution in [0.1, 0.15) is 36.5 Å². The van der Waals surface area contributed by atoms with E-state index in [4.69, 9.17) is 4.74 Å². The van der Waals surface area contributed by atoms with Gasteiger partial charge in [-0.1, -0.05) is 55.8 Å². The van der Waals surface area contributed by atoms with Gasteiger partial charge in [-0.25, -0.2) is 14.8 Å². The van der Waals surface area contributed by atoms with Gasteiger partial charge < -0.3 is 4.74 Å².